The summed E-state index contributed by atoms with van der Waals surface area (Å²) in [6.45, 7) is 5.44. The van der Waals surface area contributed by atoms with Gasteiger partial charge in [-0.15, -0.1) is 0 Å². The standard InChI is InChI=1S/C40H43F19N2O7Si/c1-21(2)69(22(3)4,19-16-33(43,44)34(45,46)35(47,48)36(49,50)37(51,52)38(53,54)39(55,56)40(57,58)59)67-18-17-66-26-13-10-24(11-14-26)31(30(65-6)23(5)8-7-9-29(62)61-64)68-32(63)60-28-15-12-25(41)20-27(28)42/h7-15,20-22,30-31,64H,16-19H2,1-6H3,(H,60,63)(H,61,62)/b9-7+,23-8+/t30-,31-/m0/s1. The number of methoxy groups -OCH3 is 1. The average molecular weight is 1050 g/mol. The second-order valence-corrected chi connectivity index (χ2v) is 20.7. The quantitative estimate of drug-likeness (QED) is 0.0182. The van der Waals surface area contributed by atoms with Crippen LogP contribution in [0.4, 0.5) is 93.9 Å². The molecule has 0 saturated carbocycles. The summed E-state index contributed by atoms with van der Waals surface area (Å²) in [5.41, 5.74) is -0.584. The number of nitrogens with one attached hydrogen (secondary N) is 2. The van der Waals surface area contributed by atoms with Gasteiger partial charge in [-0.1, -0.05) is 52.0 Å². The number of hydroxylamine groups is 1. The number of ether oxygens (including phenoxy) is 3. The number of benzene rings is 2. The van der Waals surface area contributed by atoms with E-state index in [9.17, 15) is 84.2 Å². The summed E-state index contributed by atoms with van der Waals surface area (Å²) >= 11 is 0. The Kier molecular flexibility index (Phi) is 19.3. The van der Waals surface area contributed by atoms with E-state index in [0.29, 0.717) is 6.07 Å². The molecule has 0 aromatic heterocycles. The van der Waals surface area contributed by atoms with Crippen LogP contribution in [0.2, 0.25) is 17.1 Å². The molecule has 0 unspecified atom stereocenters. The Morgan fingerprint density at radius 3 is 1.70 bits per heavy atom. The highest BCUT2D eigenvalue weighted by Gasteiger charge is 2.95. The molecule has 0 aliphatic heterocycles. The summed E-state index contributed by atoms with van der Waals surface area (Å²) in [4.78, 5) is 24.4. The lowest BCUT2D eigenvalue weighted by Gasteiger charge is -2.44. The van der Waals surface area contributed by atoms with Gasteiger partial charge in [0.2, 0.25) is 0 Å². The van der Waals surface area contributed by atoms with Crippen molar-refractivity contribution in [2.45, 2.75) is 118 Å². The monoisotopic (exact) mass is 1050 g/mol. The normalized spacial score (nSPS) is 15.2. The first kappa shape index (κ1) is 60.3. The Labute approximate surface area is 381 Å². The molecule has 29 heteroatoms. The minimum absolute atomic E-state index is 0.0100. The number of hydrogen-bond acceptors (Lipinski definition) is 7. The van der Waals surface area contributed by atoms with Crippen LogP contribution in [0, 0.1) is 11.6 Å². The van der Waals surface area contributed by atoms with E-state index in [-0.39, 0.29) is 16.9 Å². The van der Waals surface area contributed by atoms with Crippen molar-refractivity contribution in [2.75, 3.05) is 25.6 Å². The molecule has 69 heavy (non-hydrogen) atoms. The van der Waals surface area contributed by atoms with Crippen molar-refractivity contribution in [1.82, 2.24) is 5.48 Å². The first-order chi connectivity index (χ1) is 31.3. The molecule has 2 atom stereocenters. The summed E-state index contributed by atoms with van der Waals surface area (Å²) in [7, 11) is -2.89. The van der Waals surface area contributed by atoms with Crippen LogP contribution in [-0.4, -0.2) is 99.6 Å². The molecular formula is C40H43F19N2O7Si. The number of carbonyl (C=O) groups is 2. The topological polar surface area (TPSA) is 115 Å². The molecule has 0 fully saturated rings. The molecule has 392 valence electrons. The number of alkyl halides is 17. The molecular weight excluding hydrogens is 1010 g/mol. The third-order valence-corrected chi connectivity index (χ3v) is 16.3. The average Bonchev–Trinajstić information content (AvgIpc) is 3.23. The van der Waals surface area contributed by atoms with E-state index >= 15 is 8.78 Å². The first-order valence-corrected chi connectivity index (χ1v) is 21.9. The second kappa shape index (κ2) is 22.1. The van der Waals surface area contributed by atoms with Gasteiger partial charge in [0.05, 0.1) is 12.3 Å². The van der Waals surface area contributed by atoms with Crippen molar-refractivity contribution in [1.29, 1.82) is 0 Å². The molecule has 3 N–H and O–H groups in total. The van der Waals surface area contributed by atoms with E-state index in [1.54, 1.807) is 0 Å². The van der Waals surface area contributed by atoms with E-state index in [1.165, 1.54) is 83.6 Å². The fourth-order valence-corrected chi connectivity index (χ4v) is 11.1. The van der Waals surface area contributed by atoms with Gasteiger partial charge < -0.3 is 18.6 Å². The van der Waals surface area contributed by atoms with Crippen molar-refractivity contribution < 1.29 is 117 Å². The maximum Gasteiger partial charge on any atom is 0.460 e. The number of amides is 2. The predicted octanol–water partition coefficient (Wildman–Crippen LogP) is 12.8. The molecule has 0 saturated heterocycles. The number of rotatable bonds is 24. The number of anilines is 1. The third-order valence-electron chi connectivity index (χ3n) is 10.6. The van der Waals surface area contributed by atoms with E-state index in [1.807, 2.05) is 0 Å². The van der Waals surface area contributed by atoms with E-state index in [2.05, 4.69) is 5.32 Å². The summed E-state index contributed by atoms with van der Waals surface area (Å²) in [6.07, 6.45) is -10.9. The highest BCUT2D eigenvalue weighted by molar-refractivity contribution is 6.76. The molecule has 0 aliphatic rings. The lowest BCUT2D eigenvalue weighted by molar-refractivity contribution is -0.461. The summed E-state index contributed by atoms with van der Waals surface area (Å²) in [5, 5.41) is 10.8. The van der Waals surface area contributed by atoms with Crippen LogP contribution in [-0.2, 0) is 18.7 Å². The van der Waals surface area contributed by atoms with Gasteiger partial charge >= 0.3 is 53.7 Å². The smallest absolute Gasteiger partial charge is 0.460 e. The lowest BCUT2D eigenvalue weighted by atomic mass is 9.88. The van der Waals surface area contributed by atoms with Crippen molar-refractivity contribution in [2.24, 2.45) is 0 Å². The lowest BCUT2D eigenvalue weighted by Crippen LogP contribution is -2.74. The maximum absolute atomic E-state index is 15.0. The zero-order chi connectivity index (χ0) is 53.6. The Morgan fingerprint density at radius 1 is 0.725 bits per heavy atom. The summed E-state index contributed by atoms with van der Waals surface area (Å²) in [5.74, 6) is -60.2. The summed E-state index contributed by atoms with van der Waals surface area (Å²) < 4.78 is 286. The Balaban J connectivity index is 2.37. The molecule has 2 aromatic rings. The van der Waals surface area contributed by atoms with Gasteiger partial charge in [-0.3, -0.25) is 15.3 Å². The highest BCUT2D eigenvalue weighted by atomic mass is 28.4. The number of carbonyl (C=O) groups excluding carboxylic acids is 2. The maximum atomic E-state index is 15.0. The number of hydrogen-bond donors (Lipinski definition) is 3. The van der Waals surface area contributed by atoms with Crippen LogP contribution < -0.4 is 15.5 Å². The fraction of sp³-hybridized carbons (Fsp3) is 0.550. The molecule has 0 spiro atoms. The molecule has 0 aliphatic carbocycles. The van der Waals surface area contributed by atoms with Gasteiger partial charge in [0.25, 0.3) is 5.91 Å². The van der Waals surface area contributed by atoms with E-state index < -0.39 is 134 Å². The van der Waals surface area contributed by atoms with Crippen molar-refractivity contribution in [3.63, 3.8) is 0 Å². The van der Waals surface area contributed by atoms with Crippen LogP contribution in [0.15, 0.2) is 66.3 Å². The minimum Gasteiger partial charge on any atom is -0.491 e. The molecule has 0 bridgehead atoms. The molecule has 0 radical (unpaired) electrons. The van der Waals surface area contributed by atoms with Crippen LogP contribution >= 0.6 is 0 Å². The Bertz CT molecular complexity index is 2110. The zero-order valence-corrected chi connectivity index (χ0v) is 37.5. The van der Waals surface area contributed by atoms with Gasteiger partial charge in [0.15, 0.2) is 14.4 Å². The minimum atomic E-state index is -8.73. The van der Waals surface area contributed by atoms with Gasteiger partial charge in [-0.05, 0) is 59.5 Å². The largest absolute Gasteiger partial charge is 0.491 e. The van der Waals surface area contributed by atoms with Crippen molar-refractivity contribution in [3.8, 4) is 5.75 Å². The Hall–Kier alpha value is -4.77. The third kappa shape index (κ3) is 12.4. The second-order valence-electron chi connectivity index (χ2n) is 15.7. The summed E-state index contributed by atoms with van der Waals surface area (Å²) in [6, 6.07) is 5.96. The zero-order valence-electron chi connectivity index (χ0n) is 36.5. The van der Waals surface area contributed by atoms with Crippen LogP contribution in [0.5, 0.6) is 5.75 Å². The van der Waals surface area contributed by atoms with E-state index in [4.69, 9.17) is 23.8 Å². The van der Waals surface area contributed by atoms with Crippen molar-refractivity contribution >= 4 is 26.0 Å². The van der Waals surface area contributed by atoms with Gasteiger partial charge in [0, 0.05) is 25.7 Å². The SMILES string of the molecule is CO[C@@H](/C(C)=C/C=C/C(=O)NO)[C@@H](OC(=O)Nc1ccc(F)cc1F)c1ccc(OCCO[Si](CCC(F)(F)C(F)(F)C(F)(F)C(F)(F)C(F)(F)C(F)(F)C(F)(F)C(F)(F)F)(C(C)C)C(C)C)cc1. The molecule has 2 amide bonds. The number of halogens is 19. The van der Waals surface area contributed by atoms with E-state index in [0.717, 1.165) is 18.2 Å². The molecule has 2 rings (SSSR count). The van der Waals surface area contributed by atoms with Gasteiger partial charge in [0.1, 0.15) is 30.1 Å². The molecule has 9 nitrogen and oxygen atoms in total. The molecule has 0 heterocycles. The van der Waals surface area contributed by atoms with Crippen LogP contribution in [0.1, 0.15) is 52.7 Å². The highest BCUT2D eigenvalue weighted by Crippen LogP contribution is 2.64. The fourth-order valence-electron chi connectivity index (χ4n) is 6.62. The molecule has 2 aromatic carbocycles. The van der Waals surface area contributed by atoms with Crippen LogP contribution in [0.3, 0.4) is 0 Å². The van der Waals surface area contributed by atoms with Crippen molar-refractivity contribution in [3.05, 3.63) is 83.5 Å². The first-order valence-electron chi connectivity index (χ1n) is 19.6. The Morgan fingerprint density at radius 2 is 1.23 bits per heavy atom. The number of allylic oxidation sites excluding steroid dienone is 2. The van der Waals surface area contributed by atoms with Gasteiger partial charge in [-0.25, -0.2) is 19.1 Å². The predicted molar refractivity (Wildman–Crippen MR) is 207 cm³/mol. The van der Waals surface area contributed by atoms with Gasteiger partial charge in [-0.2, -0.15) is 74.6 Å². The van der Waals surface area contributed by atoms with Crippen LogP contribution in [0.25, 0.3) is 0 Å².